The van der Waals surface area contributed by atoms with Crippen molar-refractivity contribution in [3.8, 4) is 0 Å². The minimum atomic E-state index is -0.581. The Bertz CT molecular complexity index is 597. The molecule has 0 aromatic carbocycles. The van der Waals surface area contributed by atoms with E-state index in [1.54, 1.807) is 6.20 Å². The van der Waals surface area contributed by atoms with Gasteiger partial charge in [-0.3, -0.25) is 20.1 Å². The van der Waals surface area contributed by atoms with Crippen LogP contribution < -0.4 is 16.8 Å². The molecule has 2 rings (SSSR count). The molecule has 0 aliphatic carbocycles. The molecule has 2 aromatic rings. The third kappa shape index (κ3) is 1.47. The molecule has 0 fully saturated rings. The van der Waals surface area contributed by atoms with Gasteiger partial charge in [0.25, 0.3) is 11.5 Å². The van der Waals surface area contributed by atoms with Gasteiger partial charge in [-0.05, 0) is 6.42 Å². The smallest absolute Gasteiger partial charge is 0.284 e. The van der Waals surface area contributed by atoms with Gasteiger partial charge in [-0.2, -0.15) is 0 Å². The number of rotatable bonds is 2. The Morgan fingerprint density at radius 3 is 3.06 bits per heavy atom. The number of aromatic amines is 1. The normalized spacial score (nSPS) is 10.6. The predicted octanol–water partition coefficient (Wildman–Crippen LogP) is -0.811. The zero-order chi connectivity index (χ0) is 11.7. The van der Waals surface area contributed by atoms with E-state index in [2.05, 4.69) is 10.1 Å². The number of nitrogens with zero attached hydrogens (tertiary/aromatic N) is 2. The lowest BCUT2D eigenvalue weighted by Crippen LogP contribution is -2.32. The summed E-state index contributed by atoms with van der Waals surface area (Å²) < 4.78 is 1.28. The van der Waals surface area contributed by atoms with Crippen LogP contribution in [-0.2, 0) is 6.42 Å². The minimum Gasteiger partial charge on any atom is -0.297 e. The second kappa shape index (κ2) is 3.78. The quantitative estimate of drug-likeness (QED) is 0.350. The van der Waals surface area contributed by atoms with Gasteiger partial charge in [0.05, 0.1) is 0 Å². The summed E-state index contributed by atoms with van der Waals surface area (Å²) in [5, 5.41) is 2.77. The maximum atomic E-state index is 11.6. The van der Waals surface area contributed by atoms with Gasteiger partial charge in [-0.15, -0.1) is 0 Å². The number of carbonyl (C=O) groups is 1. The number of hydrogen-bond donors (Lipinski definition) is 3. The number of amides is 1. The standard InChI is InChI=1S/C9H11N5O2/c1-2-5-4-11-14-7(15)3-6(9(16)13-10)12-8(5)14/h3-4,11H,2,10H2,1H3,(H,13,16). The van der Waals surface area contributed by atoms with E-state index in [0.717, 1.165) is 11.6 Å². The zero-order valence-corrected chi connectivity index (χ0v) is 8.65. The van der Waals surface area contributed by atoms with Crippen LogP contribution in [-0.4, -0.2) is 20.5 Å². The Kier molecular flexibility index (Phi) is 2.45. The van der Waals surface area contributed by atoms with Crippen molar-refractivity contribution in [1.82, 2.24) is 20.0 Å². The lowest BCUT2D eigenvalue weighted by Gasteiger charge is -1.99. The van der Waals surface area contributed by atoms with Crippen molar-refractivity contribution in [2.75, 3.05) is 0 Å². The second-order valence-electron chi connectivity index (χ2n) is 3.26. The zero-order valence-electron chi connectivity index (χ0n) is 8.65. The monoisotopic (exact) mass is 221 g/mol. The Balaban J connectivity index is 2.73. The van der Waals surface area contributed by atoms with Crippen LogP contribution in [0.4, 0.5) is 0 Å². The summed E-state index contributed by atoms with van der Waals surface area (Å²) >= 11 is 0. The summed E-state index contributed by atoms with van der Waals surface area (Å²) in [6.07, 6.45) is 2.40. The SMILES string of the molecule is CCc1c[nH]n2c(=O)cc(C(=O)NN)nc12. The minimum absolute atomic E-state index is 0.0156. The number of fused-ring (bicyclic) bond motifs is 1. The van der Waals surface area contributed by atoms with Gasteiger partial charge in [-0.1, -0.05) is 6.92 Å². The molecular formula is C9H11N5O2. The van der Waals surface area contributed by atoms with Crippen molar-refractivity contribution in [1.29, 1.82) is 0 Å². The molecule has 1 amide bonds. The van der Waals surface area contributed by atoms with Crippen molar-refractivity contribution in [3.63, 3.8) is 0 Å². The first kappa shape index (κ1) is 10.4. The van der Waals surface area contributed by atoms with E-state index < -0.39 is 5.91 Å². The van der Waals surface area contributed by atoms with Crippen LogP contribution in [0.3, 0.4) is 0 Å². The number of nitrogen functional groups attached to an aromatic ring is 1. The van der Waals surface area contributed by atoms with Gasteiger partial charge in [0.15, 0.2) is 5.65 Å². The van der Waals surface area contributed by atoms with E-state index in [-0.39, 0.29) is 11.3 Å². The van der Waals surface area contributed by atoms with E-state index in [9.17, 15) is 9.59 Å². The average molecular weight is 221 g/mol. The largest absolute Gasteiger partial charge is 0.297 e. The fourth-order valence-electron chi connectivity index (χ4n) is 1.48. The lowest BCUT2D eigenvalue weighted by molar-refractivity contribution is 0.0948. The average Bonchev–Trinajstić information content (AvgIpc) is 2.71. The summed E-state index contributed by atoms with van der Waals surface area (Å²) in [7, 11) is 0. The molecule has 0 aliphatic heterocycles. The highest BCUT2D eigenvalue weighted by molar-refractivity contribution is 5.92. The maximum Gasteiger partial charge on any atom is 0.284 e. The third-order valence-electron chi connectivity index (χ3n) is 2.32. The molecule has 16 heavy (non-hydrogen) atoms. The van der Waals surface area contributed by atoms with Crippen LogP contribution in [0.25, 0.3) is 5.65 Å². The highest BCUT2D eigenvalue weighted by Gasteiger charge is 2.11. The molecule has 7 heteroatoms. The molecule has 0 radical (unpaired) electrons. The maximum absolute atomic E-state index is 11.6. The highest BCUT2D eigenvalue weighted by Crippen LogP contribution is 2.06. The van der Waals surface area contributed by atoms with E-state index in [4.69, 9.17) is 5.84 Å². The molecule has 2 heterocycles. The van der Waals surface area contributed by atoms with Gasteiger partial charge in [0, 0.05) is 17.8 Å². The molecule has 0 saturated carbocycles. The van der Waals surface area contributed by atoms with Crippen LogP contribution in [0, 0.1) is 0 Å². The molecule has 7 nitrogen and oxygen atoms in total. The molecule has 2 aromatic heterocycles. The number of nitrogens with two attached hydrogens (primary N) is 1. The summed E-state index contributed by atoms with van der Waals surface area (Å²) in [5.41, 5.74) is 2.93. The van der Waals surface area contributed by atoms with Gasteiger partial charge in [0.2, 0.25) is 0 Å². The lowest BCUT2D eigenvalue weighted by atomic mass is 10.2. The van der Waals surface area contributed by atoms with E-state index in [0.29, 0.717) is 12.1 Å². The fraction of sp³-hybridized carbons (Fsp3) is 0.222. The topological polar surface area (TPSA) is 105 Å². The van der Waals surface area contributed by atoms with E-state index in [1.165, 1.54) is 4.52 Å². The predicted molar refractivity (Wildman–Crippen MR) is 56.8 cm³/mol. The van der Waals surface area contributed by atoms with Crippen LogP contribution in [0.5, 0.6) is 0 Å². The number of hydrazine groups is 1. The fourth-order valence-corrected chi connectivity index (χ4v) is 1.48. The van der Waals surface area contributed by atoms with E-state index in [1.807, 2.05) is 12.3 Å². The Morgan fingerprint density at radius 1 is 1.69 bits per heavy atom. The van der Waals surface area contributed by atoms with Gasteiger partial charge >= 0.3 is 0 Å². The number of aryl methyl sites for hydroxylation is 1. The molecule has 0 aliphatic rings. The first-order valence-electron chi connectivity index (χ1n) is 4.78. The number of aromatic nitrogens is 3. The van der Waals surface area contributed by atoms with Gasteiger partial charge < -0.3 is 0 Å². The van der Waals surface area contributed by atoms with Crippen molar-refractivity contribution in [2.24, 2.45) is 5.84 Å². The number of H-pyrrole nitrogens is 1. The van der Waals surface area contributed by atoms with Crippen LogP contribution in [0.15, 0.2) is 17.1 Å². The summed E-state index contributed by atoms with van der Waals surface area (Å²) in [4.78, 5) is 27.0. The number of carbonyl (C=O) groups excluding carboxylic acids is 1. The van der Waals surface area contributed by atoms with Crippen molar-refractivity contribution >= 4 is 11.6 Å². The molecule has 0 saturated heterocycles. The van der Waals surface area contributed by atoms with Gasteiger partial charge in [0.1, 0.15) is 5.69 Å². The summed E-state index contributed by atoms with van der Waals surface area (Å²) in [5.74, 6) is 4.41. The van der Waals surface area contributed by atoms with Crippen LogP contribution in [0.1, 0.15) is 23.0 Å². The van der Waals surface area contributed by atoms with Crippen LogP contribution >= 0.6 is 0 Å². The molecule has 0 atom stereocenters. The number of hydrogen-bond acceptors (Lipinski definition) is 4. The Morgan fingerprint density at radius 2 is 2.44 bits per heavy atom. The number of nitrogens with one attached hydrogen (secondary N) is 2. The summed E-state index contributed by atoms with van der Waals surface area (Å²) in [6, 6.07) is 1.13. The Hall–Kier alpha value is -2.15. The van der Waals surface area contributed by atoms with Crippen molar-refractivity contribution in [3.05, 3.63) is 33.9 Å². The molecule has 0 spiro atoms. The first-order chi connectivity index (χ1) is 7.67. The molecule has 4 N–H and O–H groups in total. The van der Waals surface area contributed by atoms with E-state index >= 15 is 0 Å². The molecular weight excluding hydrogens is 210 g/mol. The third-order valence-corrected chi connectivity index (χ3v) is 2.32. The molecule has 0 unspecified atom stereocenters. The van der Waals surface area contributed by atoms with Crippen molar-refractivity contribution < 1.29 is 4.79 Å². The molecule has 0 bridgehead atoms. The Labute approximate surface area is 90.2 Å². The van der Waals surface area contributed by atoms with Gasteiger partial charge in [-0.25, -0.2) is 15.3 Å². The second-order valence-corrected chi connectivity index (χ2v) is 3.26. The van der Waals surface area contributed by atoms with Crippen LogP contribution in [0.2, 0.25) is 0 Å². The molecule has 84 valence electrons. The highest BCUT2D eigenvalue weighted by atomic mass is 16.2. The first-order valence-corrected chi connectivity index (χ1v) is 4.78. The summed E-state index contributed by atoms with van der Waals surface area (Å²) in [6.45, 7) is 1.94. The van der Waals surface area contributed by atoms with Crippen molar-refractivity contribution in [2.45, 2.75) is 13.3 Å².